The molecule has 0 fully saturated rings. The summed E-state index contributed by atoms with van der Waals surface area (Å²) in [5.74, 6) is -0.222. The van der Waals surface area contributed by atoms with Crippen LogP contribution in [0, 0.1) is 0 Å². The van der Waals surface area contributed by atoms with Crippen molar-refractivity contribution in [2.45, 2.75) is 29.7 Å². The lowest BCUT2D eigenvalue weighted by atomic mass is 10.3. The summed E-state index contributed by atoms with van der Waals surface area (Å²) in [5.41, 5.74) is 0.526. The first kappa shape index (κ1) is 16.6. The van der Waals surface area contributed by atoms with Crippen molar-refractivity contribution >= 4 is 34.1 Å². The average molecular weight is 356 g/mol. The first-order chi connectivity index (χ1) is 11.8. The monoisotopic (exact) mass is 356 g/mol. The Morgan fingerprint density at radius 3 is 2.79 bits per heavy atom. The van der Waals surface area contributed by atoms with Crippen molar-refractivity contribution in [2.75, 3.05) is 5.32 Å². The summed E-state index contributed by atoms with van der Waals surface area (Å²) < 4.78 is 0. The Kier molecular flexibility index (Phi) is 5.55. The predicted molar refractivity (Wildman–Crippen MR) is 96.7 cm³/mol. The molecule has 0 aliphatic heterocycles. The standard InChI is InChI=1S/C17H16N4OS2/c1-2-7-14-20-21-17(24-14)19-15(22)13-10-6-11-18-16(13)23-12-8-4-3-5-9-12/h3-6,8-11H,2,7H2,1H3,(H,19,21,22). The van der Waals surface area contributed by atoms with Gasteiger partial charge in [0.2, 0.25) is 5.13 Å². The minimum absolute atomic E-state index is 0.222. The molecule has 1 aromatic carbocycles. The van der Waals surface area contributed by atoms with Crippen molar-refractivity contribution in [2.24, 2.45) is 0 Å². The number of amides is 1. The van der Waals surface area contributed by atoms with Gasteiger partial charge in [0.1, 0.15) is 10.0 Å². The van der Waals surface area contributed by atoms with Gasteiger partial charge >= 0.3 is 0 Å². The van der Waals surface area contributed by atoms with Crippen molar-refractivity contribution in [3.05, 3.63) is 59.2 Å². The van der Waals surface area contributed by atoms with E-state index in [1.807, 2.05) is 30.3 Å². The van der Waals surface area contributed by atoms with Gasteiger partial charge in [-0.3, -0.25) is 10.1 Å². The van der Waals surface area contributed by atoms with Crippen LogP contribution in [0.1, 0.15) is 28.7 Å². The number of carbonyl (C=O) groups excluding carboxylic acids is 1. The molecule has 122 valence electrons. The molecule has 0 unspecified atom stereocenters. The molecule has 1 N–H and O–H groups in total. The first-order valence-corrected chi connectivity index (χ1v) is 9.21. The lowest BCUT2D eigenvalue weighted by Crippen LogP contribution is -2.13. The van der Waals surface area contributed by atoms with Crippen LogP contribution in [0.15, 0.2) is 58.6 Å². The number of aromatic nitrogens is 3. The van der Waals surface area contributed by atoms with Gasteiger partial charge in [0.05, 0.1) is 5.56 Å². The number of pyridine rings is 1. The van der Waals surface area contributed by atoms with Gasteiger partial charge in [0, 0.05) is 17.5 Å². The van der Waals surface area contributed by atoms with Crippen LogP contribution < -0.4 is 5.32 Å². The number of benzene rings is 1. The topological polar surface area (TPSA) is 67.8 Å². The van der Waals surface area contributed by atoms with Crippen molar-refractivity contribution in [3.8, 4) is 0 Å². The van der Waals surface area contributed by atoms with Gasteiger partial charge in [-0.1, -0.05) is 48.2 Å². The van der Waals surface area contributed by atoms with E-state index in [4.69, 9.17) is 0 Å². The smallest absolute Gasteiger partial charge is 0.260 e. The Morgan fingerprint density at radius 1 is 1.17 bits per heavy atom. The Labute approximate surface area is 148 Å². The zero-order valence-corrected chi connectivity index (χ0v) is 14.7. The number of carbonyl (C=O) groups is 1. The second-order valence-electron chi connectivity index (χ2n) is 4.98. The number of hydrogen-bond donors (Lipinski definition) is 1. The molecular weight excluding hydrogens is 340 g/mol. The molecular formula is C17H16N4OS2. The highest BCUT2D eigenvalue weighted by Gasteiger charge is 2.15. The van der Waals surface area contributed by atoms with E-state index in [-0.39, 0.29) is 5.91 Å². The third-order valence-electron chi connectivity index (χ3n) is 3.12. The number of aryl methyl sites for hydroxylation is 1. The van der Waals surface area contributed by atoms with Crippen LogP contribution in [0.3, 0.4) is 0 Å². The van der Waals surface area contributed by atoms with Gasteiger partial charge in [0.15, 0.2) is 0 Å². The first-order valence-electron chi connectivity index (χ1n) is 7.58. The van der Waals surface area contributed by atoms with Crippen molar-refractivity contribution < 1.29 is 4.79 Å². The predicted octanol–water partition coefficient (Wildman–Crippen LogP) is 4.29. The largest absolute Gasteiger partial charge is 0.296 e. The number of rotatable bonds is 6. The molecule has 0 bridgehead atoms. The van der Waals surface area contributed by atoms with E-state index in [0.717, 1.165) is 22.7 Å². The molecule has 1 amide bonds. The molecule has 5 nitrogen and oxygen atoms in total. The van der Waals surface area contributed by atoms with Gasteiger partial charge in [-0.05, 0) is 30.7 Å². The van der Waals surface area contributed by atoms with Crippen LogP contribution in [0.2, 0.25) is 0 Å². The van der Waals surface area contributed by atoms with Crippen molar-refractivity contribution in [3.63, 3.8) is 0 Å². The van der Waals surface area contributed by atoms with Crippen LogP contribution in [0.5, 0.6) is 0 Å². The highest BCUT2D eigenvalue weighted by molar-refractivity contribution is 7.99. The molecule has 0 aliphatic carbocycles. The molecule has 0 atom stereocenters. The molecule has 0 saturated carbocycles. The van der Waals surface area contributed by atoms with E-state index in [9.17, 15) is 4.79 Å². The minimum Gasteiger partial charge on any atom is -0.296 e. The van der Waals surface area contributed by atoms with E-state index < -0.39 is 0 Å². The van der Waals surface area contributed by atoms with E-state index in [2.05, 4.69) is 27.4 Å². The number of nitrogens with zero attached hydrogens (tertiary/aromatic N) is 3. The van der Waals surface area contributed by atoms with Crippen LogP contribution in [0.25, 0.3) is 0 Å². The normalized spacial score (nSPS) is 10.5. The maximum atomic E-state index is 12.6. The van der Waals surface area contributed by atoms with Crippen LogP contribution in [0.4, 0.5) is 5.13 Å². The third kappa shape index (κ3) is 4.18. The second-order valence-corrected chi connectivity index (χ2v) is 7.10. The summed E-state index contributed by atoms with van der Waals surface area (Å²) >= 11 is 2.87. The molecule has 2 heterocycles. The van der Waals surface area contributed by atoms with Crippen LogP contribution >= 0.6 is 23.1 Å². The van der Waals surface area contributed by atoms with Crippen LogP contribution in [-0.4, -0.2) is 21.1 Å². The summed E-state index contributed by atoms with van der Waals surface area (Å²) in [6.45, 7) is 2.09. The summed E-state index contributed by atoms with van der Waals surface area (Å²) in [7, 11) is 0. The summed E-state index contributed by atoms with van der Waals surface area (Å²) in [5, 5.41) is 13.0. The number of hydrogen-bond acceptors (Lipinski definition) is 6. The fraction of sp³-hybridized carbons (Fsp3) is 0.176. The molecule has 0 radical (unpaired) electrons. The summed E-state index contributed by atoms with van der Waals surface area (Å²) in [4.78, 5) is 17.9. The Hall–Kier alpha value is -2.25. The van der Waals surface area contributed by atoms with Gasteiger partial charge in [0.25, 0.3) is 5.91 Å². The quantitative estimate of drug-likeness (QED) is 0.713. The lowest BCUT2D eigenvalue weighted by Gasteiger charge is -2.07. The summed E-state index contributed by atoms with van der Waals surface area (Å²) in [6.07, 6.45) is 3.56. The minimum atomic E-state index is -0.222. The van der Waals surface area contributed by atoms with Gasteiger partial charge in [-0.2, -0.15) is 0 Å². The molecule has 0 aliphatic rings. The maximum absolute atomic E-state index is 12.6. The summed E-state index contributed by atoms with van der Waals surface area (Å²) in [6, 6.07) is 13.4. The molecule has 7 heteroatoms. The highest BCUT2D eigenvalue weighted by atomic mass is 32.2. The van der Waals surface area contributed by atoms with Crippen molar-refractivity contribution in [1.29, 1.82) is 0 Å². The van der Waals surface area contributed by atoms with E-state index in [0.29, 0.717) is 15.7 Å². The number of nitrogens with one attached hydrogen (secondary N) is 1. The molecule has 2 aromatic heterocycles. The third-order valence-corrected chi connectivity index (χ3v) is 5.05. The Bertz CT molecular complexity index is 820. The Morgan fingerprint density at radius 2 is 2.00 bits per heavy atom. The van der Waals surface area contributed by atoms with Gasteiger partial charge in [-0.15, -0.1) is 10.2 Å². The van der Waals surface area contributed by atoms with Crippen LogP contribution in [-0.2, 0) is 6.42 Å². The van der Waals surface area contributed by atoms with E-state index in [1.54, 1.807) is 18.3 Å². The van der Waals surface area contributed by atoms with E-state index >= 15 is 0 Å². The van der Waals surface area contributed by atoms with Crippen molar-refractivity contribution in [1.82, 2.24) is 15.2 Å². The highest BCUT2D eigenvalue weighted by Crippen LogP contribution is 2.29. The average Bonchev–Trinajstić information content (AvgIpc) is 3.03. The SMILES string of the molecule is CCCc1nnc(NC(=O)c2cccnc2Sc2ccccc2)s1. The second kappa shape index (κ2) is 8.03. The Balaban J connectivity index is 1.77. The fourth-order valence-electron chi connectivity index (χ4n) is 2.03. The molecule has 24 heavy (non-hydrogen) atoms. The maximum Gasteiger partial charge on any atom is 0.260 e. The zero-order valence-electron chi connectivity index (χ0n) is 13.1. The zero-order chi connectivity index (χ0) is 16.8. The van der Waals surface area contributed by atoms with Gasteiger partial charge in [-0.25, -0.2) is 4.98 Å². The molecule has 3 aromatic rings. The molecule has 0 spiro atoms. The molecule has 0 saturated heterocycles. The fourth-order valence-corrected chi connectivity index (χ4v) is 3.77. The van der Waals surface area contributed by atoms with E-state index in [1.165, 1.54) is 23.1 Å². The van der Waals surface area contributed by atoms with Gasteiger partial charge < -0.3 is 0 Å². The molecule has 3 rings (SSSR count). The number of anilines is 1. The lowest BCUT2D eigenvalue weighted by molar-refractivity contribution is 0.102.